The lowest BCUT2D eigenvalue weighted by atomic mass is 9.99. The van der Waals surface area contributed by atoms with E-state index in [1.807, 2.05) is 0 Å². The van der Waals surface area contributed by atoms with Crippen molar-refractivity contribution in [2.45, 2.75) is 52.4 Å². The molecule has 0 heterocycles. The zero-order chi connectivity index (χ0) is 20.3. The molecular formula is C20H34N2O4S. The first-order valence-corrected chi connectivity index (χ1v) is 11.5. The van der Waals surface area contributed by atoms with Crippen LogP contribution in [0.3, 0.4) is 0 Å². The quantitative estimate of drug-likeness (QED) is 0.551. The number of carbonyl (C=O) groups excluding carboxylic acids is 1. The maximum atomic E-state index is 12.1. The Kier molecular flexibility index (Phi) is 10.2. The molecule has 0 saturated heterocycles. The highest BCUT2D eigenvalue weighted by Crippen LogP contribution is 2.22. The predicted molar refractivity (Wildman–Crippen MR) is 111 cm³/mol. The molecule has 1 rings (SSSR count). The van der Waals surface area contributed by atoms with Crippen molar-refractivity contribution >= 4 is 21.6 Å². The molecule has 0 aliphatic heterocycles. The van der Waals surface area contributed by atoms with Crippen molar-refractivity contribution in [3.63, 3.8) is 0 Å². The highest BCUT2D eigenvalue weighted by Gasteiger charge is 2.18. The minimum absolute atomic E-state index is 0.0202. The second kappa shape index (κ2) is 11.8. The van der Waals surface area contributed by atoms with Gasteiger partial charge in [0, 0.05) is 19.5 Å². The van der Waals surface area contributed by atoms with Gasteiger partial charge in [0.25, 0.3) is 0 Å². The van der Waals surface area contributed by atoms with Gasteiger partial charge in [0.05, 0.1) is 19.1 Å². The number of methoxy groups -OCH3 is 1. The summed E-state index contributed by atoms with van der Waals surface area (Å²) in [7, 11) is -1.85. The normalized spacial score (nSPS) is 12.4. The zero-order valence-corrected chi connectivity index (χ0v) is 17.8. The van der Waals surface area contributed by atoms with Gasteiger partial charge in [0.1, 0.15) is 5.75 Å². The van der Waals surface area contributed by atoms with Crippen LogP contribution >= 0.6 is 0 Å². The molecule has 27 heavy (non-hydrogen) atoms. The molecule has 1 atom stereocenters. The molecule has 1 aromatic carbocycles. The summed E-state index contributed by atoms with van der Waals surface area (Å²) in [6.07, 6.45) is 6.49. The van der Waals surface area contributed by atoms with Crippen molar-refractivity contribution < 1.29 is 17.9 Å². The third-order valence-corrected chi connectivity index (χ3v) is 5.85. The van der Waals surface area contributed by atoms with Gasteiger partial charge >= 0.3 is 0 Å². The van der Waals surface area contributed by atoms with E-state index in [4.69, 9.17) is 4.74 Å². The van der Waals surface area contributed by atoms with E-state index >= 15 is 0 Å². The number of carbonyl (C=O) groups is 1. The number of unbranched alkanes of at least 4 members (excludes halogenated alkanes) is 1. The predicted octanol–water partition coefficient (Wildman–Crippen LogP) is 3.57. The third kappa shape index (κ3) is 8.65. The van der Waals surface area contributed by atoms with Crippen molar-refractivity contribution in [2.24, 2.45) is 5.92 Å². The first-order chi connectivity index (χ1) is 12.8. The van der Waals surface area contributed by atoms with Gasteiger partial charge in [-0.1, -0.05) is 33.1 Å². The standard InChI is InChI=1S/C20H34N2O4S/c1-5-7-9-17(6-2)16-21-20(23)10-8-15-22(27(4,24)25)18-11-13-19(26-3)14-12-18/h11-14,17H,5-10,15-16H2,1-4H3,(H,21,23)/t17-/m1/s1. The first-order valence-electron chi connectivity index (χ1n) is 9.70. The molecule has 7 heteroatoms. The molecule has 0 saturated carbocycles. The number of sulfonamides is 1. The van der Waals surface area contributed by atoms with Crippen LogP contribution < -0.4 is 14.4 Å². The van der Waals surface area contributed by atoms with E-state index in [1.165, 1.54) is 17.0 Å². The fourth-order valence-corrected chi connectivity index (χ4v) is 3.87. The molecule has 0 aliphatic rings. The van der Waals surface area contributed by atoms with Crippen LogP contribution in [0.15, 0.2) is 24.3 Å². The fourth-order valence-electron chi connectivity index (χ4n) is 2.91. The summed E-state index contributed by atoms with van der Waals surface area (Å²) in [5.74, 6) is 1.16. The van der Waals surface area contributed by atoms with Crippen LogP contribution in [0.2, 0.25) is 0 Å². The summed E-state index contributed by atoms with van der Waals surface area (Å²) in [4.78, 5) is 12.1. The number of ether oxygens (including phenoxy) is 1. The summed E-state index contributed by atoms with van der Waals surface area (Å²) < 4.78 is 30.7. The first kappa shape index (κ1) is 23.3. The highest BCUT2D eigenvalue weighted by atomic mass is 32.2. The Balaban J connectivity index is 2.52. The number of anilines is 1. The Morgan fingerprint density at radius 2 is 1.85 bits per heavy atom. The van der Waals surface area contributed by atoms with Crippen LogP contribution in [0.25, 0.3) is 0 Å². The molecule has 0 fully saturated rings. The van der Waals surface area contributed by atoms with Crippen molar-refractivity contribution in [1.29, 1.82) is 0 Å². The van der Waals surface area contributed by atoms with E-state index in [0.717, 1.165) is 19.3 Å². The average Bonchev–Trinajstić information content (AvgIpc) is 2.64. The summed E-state index contributed by atoms with van der Waals surface area (Å²) in [5, 5.41) is 2.99. The molecule has 1 amide bonds. The number of hydrogen-bond donors (Lipinski definition) is 1. The molecule has 0 spiro atoms. The monoisotopic (exact) mass is 398 g/mol. The van der Waals surface area contributed by atoms with Crippen LogP contribution in [0.5, 0.6) is 5.75 Å². The van der Waals surface area contributed by atoms with Gasteiger partial charge in [-0.2, -0.15) is 0 Å². The Labute approximate surface area is 164 Å². The van der Waals surface area contributed by atoms with Crippen LogP contribution in [0, 0.1) is 5.92 Å². The summed E-state index contributed by atoms with van der Waals surface area (Å²) in [6, 6.07) is 6.86. The SMILES string of the molecule is CCCC[C@@H](CC)CNC(=O)CCCN(c1ccc(OC)cc1)S(C)(=O)=O. The highest BCUT2D eigenvalue weighted by molar-refractivity contribution is 7.92. The van der Waals surface area contributed by atoms with E-state index in [0.29, 0.717) is 36.7 Å². The molecule has 0 aliphatic carbocycles. The van der Waals surface area contributed by atoms with Crippen molar-refractivity contribution in [2.75, 3.05) is 30.8 Å². The van der Waals surface area contributed by atoms with Crippen molar-refractivity contribution in [1.82, 2.24) is 5.32 Å². The van der Waals surface area contributed by atoms with Gasteiger partial charge in [-0.05, 0) is 43.0 Å². The van der Waals surface area contributed by atoms with E-state index in [1.54, 1.807) is 31.4 Å². The minimum Gasteiger partial charge on any atom is -0.497 e. The van der Waals surface area contributed by atoms with Crippen LogP contribution in [-0.2, 0) is 14.8 Å². The number of amides is 1. The Morgan fingerprint density at radius 3 is 2.37 bits per heavy atom. The average molecular weight is 399 g/mol. The Hall–Kier alpha value is -1.76. The molecule has 0 aromatic heterocycles. The number of rotatable bonds is 13. The van der Waals surface area contributed by atoms with Crippen LogP contribution in [-0.4, -0.2) is 40.8 Å². The van der Waals surface area contributed by atoms with Crippen LogP contribution in [0.1, 0.15) is 52.4 Å². The maximum Gasteiger partial charge on any atom is 0.232 e. The molecule has 154 valence electrons. The number of nitrogens with one attached hydrogen (secondary N) is 1. The second-order valence-corrected chi connectivity index (χ2v) is 8.76. The van der Waals surface area contributed by atoms with Crippen molar-refractivity contribution in [3.05, 3.63) is 24.3 Å². The summed E-state index contributed by atoms with van der Waals surface area (Å²) in [6.45, 7) is 5.28. The second-order valence-electron chi connectivity index (χ2n) is 6.86. The molecule has 0 unspecified atom stereocenters. The lowest BCUT2D eigenvalue weighted by Gasteiger charge is -2.22. The van der Waals surface area contributed by atoms with Gasteiger partial charge in [0.2, 0.25) is 15.9 Å². The summed E-state index contributed by atoms with van der Waals surface area (Å²) in [5.41, 5.74) is 0.573. The van der Waals surface area contributed by atoms with E-state index in [-0.39, 0.29) is 12.5 Å². The van der Waals surface area contributed by atoms with E-state index in [2.05, 4.69) is 19.2 Å². The van der Waals surface area contributed by atoms with Gasteiger partial charge in [-0.15, -0.1) is 0 Å². The van der Waals surface area contributed by atoms with Gasteiger partial charge in [-0.25, -0.2) is 8.42 Å². The lowest BCUT2D eigenvalue weighted by Crippen LogP contribution is -2.33. The van der Waals surface area contributed by atoms with Gasteiger partial charge in [0.15, 0.2) is 0 Å². The van der Waals surface area contributed by atoms with Crippen LogP contribution in [0.4, 0.5) is 5.69 Å². The molecule has 1 N–H and O–H groups in total. The van der Waals surface area contributed by atoms with Gasteiger partial charge in [-0.3, -0.25) is 9.10 Å². The minimum atomic E-state index is -3.41. The third-order valence-electron chi connectivity index (χ3n) is 4.66. The topological polar surface area (TPSA) is 75.7 Å². The molecule has 6 nitrogen and oxygen atoms in total. The number of nitrogens with zero attached hydrogens (tertiary/aromatic N) is 1. The smallest absolute Gasteiger partial charge is 0.232 e. The summed E-state index contributed by atoms with van der Waals surface area (Å²) >= 11 is 0. The maximum absolute atomic E-state index is 12.1. The van der Waals surface area contributed by atoms with Crippen molar-refractivity contribution in [3.8, 4) is 5.75 Å². The van der Waals surface area contributed by atoms with E-state index in [9.17, 15) is 13.2 Å². The molecular weight excluding hydrogens is 364 g/mol. The fraction of sp³-hybridized carbons (Fsp3) is 0.650. The number of hydrogen-bond acceptors (Lipinski definition) is 4. The number of benzene rings is 1. The zero-order valence-electron chi connectivity index (χ0n) is 17.0. The molecule has 0 radical (unpaired) electrons. The molecule has 0 bridgehead atoms. The van der Waals surface area contributed by atoms with E-state index < -0.39 is 10.0 Å². The largest absolute Gasteiger partial charge is 0.497 e. The Bertz CT molecular complexity index is 659. The lowest BCUT2D eigenvalue weighted by molar-refractivity contribution is -0.121. The Morgan fingerprint density at radius 1 is 1.19 bits per heavy atom. The van der Waals surface area contributed by atoms with Gasteiger partial charge < -0.3 is 10.1 Å². The molecule has 1 aromatic rings.